The Labute approximate surface area is 113 Å². The molecule has 19 heavy (non-hydrogen) atoms. The first kappa shape index (κ1) is 12.9. The quantitative estimate of drug-likeness (QED) is 0.862. The summed E-state index contributed by atoms with van der Waals surface area (Å²) in [5.41, 5.74) is 2.57. The molecule has 104 valence electrons. The van der Waals surface area contributed by atoms with E-state index in [0.717, 1.165) is 31.9 Å². The molecule has 2 heterocycles. The van der Waals surface area contributed by atoms with Crippen molar-refractivity contribution in [2.45, 2.75) is 13.0 Å². The number of rotatable bonds is 5. The van der Waals surface area contributed by atoms with Crippen LogP contribution in [0, 0.1) is 5.41 Å². The van der Waals surface area contributed by atoms with Gasteiger partial charge in [0.15, 0.2) is 0 Å². The molecule has 1 aromatic rings. The topological polar surface area (TPSA) is 41.9 Å². The van der Waals surface area contributed by atoms with Crippen molar-refractivity contribution in [2.75, 3.05) is 40.0 Å². The molecule has 3 rings (SSSR count). The van der Waals surface area contributed by atoms with Crippen LogP contribution in [0.5, 0.6) is 5.75 Å². The summed E-state index contributed by atoms with van der Waals surface area (Å²) in [6, 6.07) is 6.44. The van der Waals surface area contributed by atoms with Gasteiger partial charge in [-0.15, -0.1) is 0 Å². The van der Waals surface area contributed by atoms with Gasteiger partial charge in [0.2, 0.25) is 0 Å². The smallest absolute Gasteiger partial charge is 0.122 e. The van der Waals surface area contributed by atoms with E-state index in [1.807, 2.05) is 0 Å². The molecule has 0 atom stereocenters. The lowest BCUT2D eigenvalue weighted by Gasteiger charge is -2.42. The Kier molecular flexibility index (Phi) is 3.48. The third-order valence-electron chi connectivity index (χ3n) is 3.96. The van der Waals surface area contributed by atoms with Gasteiger partial charge in [-0.05, 0) is 24.2 Å². The van der Waals surface area contributed by atoms with E-state index in [-0.39, 0.29) is 12.0 Å². The maximum absolute atomic E-state index is 9.46. The molecule has 2 aliphatic rings. The van der Waals surface area contributed by atoms with E-state index in [1.165, 1.54) is 11.1 Å². The summed E-state index contributed by atoms with van der Waals surface area (Å²) in [6.45, 7) is 4.12. The normalized spacial score (nSPS) is 19.9. The molecule has 0 aromatic heterocycles. The molecular weight excluding hydrogens is 242 g/mol. The zero-order valence-corrected chi connectivity index (χ0v) is 11.4. The number of aliphatic hydroxyl groups excluding tert-OH is 1. The van der Waals surface area contributed by atoms with Crippen molar-refractivity contribution in [1.82, 2.24) is 4.90 Å². The number of hydrogen-bond donors (Lipinski definition) is 1. The molecule has 0 aliphatic carbocycles. The summed E-state index contributed by atoms with van der Waals surface area (Å²) in [5.74, 6) is 1.03. The van der Waals surface area contributed by atoms with Crippen molar-refractivity contribution in [3.63, 3.8) is 0 Å². The molecule has 1 fully saturated rings. The molecule has 0 unspecified atom stereocenters. The van der Waals surface area contributed by atoms with Crippen LogP contribution in [-0.2, 0) is 17.7 Å². The van der Waals surface area contributed by atoms with Crippen LogP contribution >= 0.6 is 0 Å². The highest BCUT2D eigenvalue weighted by Crippen LogP contribution is 2.29. The minimum Gasteiger partial charge on any atom is -0.493 e. The molecule has 4 nitrogen and oxygen atoms in total. The molecule has 0 amide bonds. The number of aliphatic hydroxyl groups is 1. The maximum Gasteiger partial charge on any atom is 0.122 e. The standard InChI is InChI=1S/C15H21NO3/c1-16(8-15(9-17)10-18-11-15)7-12-2-3-14-13(6-12)4-5-19-14/h2-3,6,17H,4-5,7-11H2,1H3. The van der Waals surface area contributed by atoms with Gasteiger partial charge in [-0.1, -0.05) is 12.1 Å². The van der Waals surface area contributed by atoms with Gasteiger partial charge in [-0.2, -0.15) is 0 Å². The third-order valence-corrected chi connectivity index (χ3v) is 3.96. The van der Waals surface area contributed by atoms with Crippen molar-refractivity contribution in [2.24, 2.45) is 5.41 Å². The second-order valence-electron chi connectivity index (χ2n) is 5.86. The fourth-order valence-electron chi connectivity index (χ4n) is 2.90. The van der Waals surface area contributed by atoms with E-state index in [1.54, 1.807) is 0 Å². The molecule has 1 saturated heterocycles. The maximum atomic E-state index is 9.46. The first-order valence-electron chi connectivity index (χ1n) is 6.83. The predicted molar refractivity (Wildman–Crippen MR) is 72.3 cm³/mol. The summed E-state index contributed by atoms with van der Waals surface area (Å²) in [7, 11) is 2.10. The Morgan fingerprint density at radius 3 is 2.89 bits per heavy atom. The van der Waals surface area contributed by atoms with Gasteiger partial charge in [0.1, 0.15) is 5.75 Å². The largest absolute Gasteiger partial charge is 0.493 e. The molecule has 0 saturated carbocycles. The monoisotopic (exact) mass is 263 g/mol. The highest BCUT2D eigenvalue weighted by Gasteiger charge is 2.38. The van der Waals surface area contributed by atoms with Crippen LogP contribution in [0.3, 0.4) is 0 Å². The van der Waals surface area contributed by atoms with E-state index in [9.17, 15) is 5.11 Å². The van der Waals surface area contributed by atoms with Crippen molar-refractivity contribution in [3.05, 3.63) is 29.3 Å². The fourth-order valence-corrected chi connectivity index (χ4v) is 2.90. The molecule has 2 aliphatic heterocycles. The second kappa shape index (κ2) is 5.12. The van der Waals surface area contributed by atoms with Crippen LogP contribution in [0.1, 0.15) is 11.1 Å². The van der Waals surface area contributed by atoms with Crippen LogP contribution in [0.25, 0.3) is 0 Å². The van der Waals surface area contributed by atoms with Gasteiger partial charge in [0, 0.05) is 19.5 Å². The van der Waals surface area contributed by atoms with E-state index in [4.69, 9.17) is 9.47 Å². The van der Waals surface area contributed by atoms with Gasteiger partial charge < -0.3 is 19.5 Å². The van der Waals surface area contributed by atoms with Gasteiger partial charge >= 0.3 is 0 Å². The SMILES string of the molecule is CN(Cc1ccc2c(c1)CCO2)CC1(CO)COC1. The highest BCUT2D eigenvalue weighted by atomic mass is 16.5. The van der Waals surface area contributed by atoms with Gasteiger partial charge in [0.25, 0.3) is 0 Å². The van der Waals surface area contributed by atoms with Crippen LogP contribution < -0.4 is 4.74 Å². The lowest BCUT2D eigenvalue weighted by molar-refractivity contribution is -0.147. The van der Waals surface area contributed by atoms with Crippen molar-refractivity contribution < 1.29 is 14.6 Å². The second-order valence-corrected chi connectivity index (χ2v) is 5.86. The van der Waals surface area contributed by atoms with Crippen LogP contribution in [0.2, 0.25) is 0 Å². The minimum atomic E-state index is -0.0470. The minimum absolute atomic E-state index is 0.0470. The number of fused-ring (bicyclic) bond motifs is 1. The summed E-state index contributed by atoms with van der Waals surface area (Å²) in [6.07, 6.45) is 1.02. The summed E-state index contributed by atoms with van der Waals surface area (Å²) in [4.78, 5) is 2.26. The van der Waals surface area contributed by atoms with Gasteiger partial charge in [0.05, 0.1) is 31.8 Å². The van der Waals surface area contributed by atoms with Crippen LogP contribution in [-0.4, -0.2) is 50.0 Å². The molecule has 0 bridgehead atoms. The number of benzene rings is 1. The van der Waals surface area contributed by atoms with Crippen LogP contribution in [0.4, 0.5) is 0 Å². The summed E-state index contributed by atoms with van der Waals surface area (Å²) < 4.78 is 10.8. The van der Waals surface area contributed by atoms with Crippen LogP contribution in [0.15, 0.2) is 18.2 Å². The zero-order chi connectivity index (χ0) is 13.3. The third kappa shape index (κ3) is 2.61. The number of nitrogens with zero attached hydrogens (tertiary/aromatic N) is 1. The Morgan fingerprint density at radius 2 is 2.21 bits per heavy atom. The summed E-state index contributed by atoms with van der Waals surface area (Å²) >= 11 is 0. The first-order valence-corrected chi connectivity index (χ1v) is 6.83. The van der Waals surface area contributed by atoms with Crippen molar-refractivity contribution in [3.8, 4) is 5.75 Å². The number of ether oxygens (including phenoxy) is 2. The lowest BCUT2D eigenvalue weighted by Crippen LogP contribution is -2.52. The summed E-state index contributed by atoms with van der Waals surface area (Å²) in [5, 5.41) is 9.46. The van der Waals surface area contributed by atoms with E-state index in [2.05, 4.69) is 30.1 Å². The molecule has 4 heteroatoms. The van der Waals surface area contributed by atoms with E-state index in [0.29, 0.717) is 13.2 Å². The Bertz CT molecular complexity index is 451. The van der Waals surface area contributed by atoms with Crippen molar-refractivity contribution >= 4 is 0 Å². The Balaban J connectivity index is 1.61. The lowest BCUT2D eigenvalue weighted by atomic mass is 9.86. The molecule has 1 aromatic carbocycles. The molecule has 0 spiro atoms. The highest BCUT2D eigenvalue weighted by molar-refractivity contribution is 5.39. The predicted octanol–water partition coefficient (Wildman–Crippen LogP) is 1.06. The van der Waals surface area contributed by atoms with E-state index < -0.39 is 0 Å². The van der Waals surface area contributed by atoms with Crippen molar-refractivity contribution in [1.29, 1.82) is 0 Å². The Hall–Kier alpha value is -1.10. The fraction of sp³-hybridized carbons (Fsp3) is 0.600. The molecule has 0 radical (unpaired) electrons. The average Bonchev–Trinajstić information content (AvgIpc) is 2.81. The zero-order valence-electron chi connectivity index (χ0n) is 11.4. The van der Waals surface area contributed by atoms with E-state index >= 15 is 0 Å². The van der Waals surface area contributed by atoms with Gasteiger partial charge in [-0.25, -0.2) is 0 Å². The molecule has 1 N–H and O–H groups in total. The van der Waals surface area contributed by atoms with Gasteiger partial charge in [-0.3, -0.25) is 0 Å². The number of hydrogen-bond acceptors (Lipinski definition) is 4. The Morgan fingerprint density at radius 1 is 1.37 bits per heavy atom. The average molecular weight is 263 g/mol. The molecular formula is C15H21NO3. The first-order chi connectivity index (χ1) is 9.21.